The van der Waals surface area contributed by atoms with Crippen LogP contribution in [0.3, 0.4) is 0 Å². The van der Waals surface area contributed by atoms with Crippen molar-refractivity contribution in [3.8, 4) is 0 Å². The van der Waals surface area contributed by atoms with E-state index in [9.17, 15) is 9.59 Å². The number of rotatable bonds is 2. The van der Waals surface area contributed by atoms with Gasteiger partial charge in [-0.3, -0.25) is 4.79 Å². The molecule has 3 rings (SSSR count). The molecule has 2 saturated heterocycles. The van der Waals surface area contributed by atoms with E-state index in [1.54, 1.807) is 23.9 Å². The quantitative estimate of drug-likeness (QED) is 0.895. The van der Waals surface area contributed by atoms with E-state index in [0.717, 1.165) is 24.1 Å². The zero-order valence-electron chi connectivity index (χ0n) is 15.2. The summed E-state index contributed by atoms with van der Waals surface area (Å²) in [6.07, 6.45) is 1.65. The lowest BCUT2D eigenvalue weighted by molar-refractivity contribution is -0.138. The molecule has 2 heterocycles. The number of nitrogens with one attached hydrogen (secondary N) is 1. The minimum Gasteiger partial charge on any atom is -0.381 e. The van der Waals surface area contributed by atoms with Crippen molar-refractivity contribution in [3.63, 3.8) is 0 Å². The van der Waals surface area contributed by atoms with Crippen molar-refractivity contribution in [1.29, 1.82) is 0 Å². The van der Waals surface area contributed by atoms with Gasteiger partial charge in [-0.25, -0.2) is 4.79 Å². The van der Waals surface area contributed by atoms with Crippen LogP contribution in [0.1, 0.15) is 18.4 Å². The fraction of sp³-hybridized carbons (Fsp3) is 0.579. The van der Waals surface area contributed by atoms with E-state index in [0.29, 0.717) is 26.3 Å². The third-order valence-electron chi connectivity index (χ3n) is 5.43. The van der Waals surface area contributed by atoms with Gasteiger partial charge in [0.2, 0.25) is 5.91 Å². The Morgan fingerprint density at radius 3 is 2.64 bits per heavy atom. The Kier molecular flexibility index (Phi) is 4.99. The molecule has 1 unspecified atom stereocenters. The standard InChI is InChI=1S/C19H27N3O3/c1-14-5-4-6-15(11-14)20-18(24)22-12-16(17(23)21(2)3)19(13-22)7-9-25-10-8-19/h4-6,11,16H,7-10,12-13H2,1-3H3,(H,20,24). The van der Waals surface area contributed by atoms with Crippen LogP contribution >= 0.6 is 0 Å². The highest BCUT2D eigenvalue weighted by atomic mass is 16.5. The van der Waals surface area contributed by atoms with E-state index in [1.165, 1.54) is 0 Å². The topological polar surface area (TPSA) is 61.9 Å². The molecule has 3 amide bonds. The van der Waals surface area contributed by atoms with E-state index in [1.807, 2.05) is 31.2 Å². The minimum atomic E-state index is -0.163. The van der Waals surface area contributed by atoms with Crippen molar-refractivity contribution in [2.45, 2.75) is 19.8 Å². The van der Waals surface area contributed by atoms with Gasteiger partial charge in [0.25, 0.3) is 0 Å². The van der Waals surface area contributed by atoms with Crippen molar-refractivity contribution in [2.24, 2.45) is 11.3 Å². The number of anilines is 1. The summed E-state index contributed by atoms with van der Waals surface area (Å²) in [5, 5.41) is 2.97. The van der Waals surface area contributed by atoms with Gasteiger partial charge in [0, 0.05) is 51.5 Å². The van der Waals surface area contributed by atoms with E-state index in [-0.39, 0.29) is 23.3 Å². The summed E-state index contributed by atoms with van der Waals surface area (Å²) < 4.78 is 5.51. The van der Waals surface area contributed by atoms with Crippen LogP contribution in [0.15, 0.2) is 24.3 Å². The normalized spacial score (nSPS) is 22.0. The SMILES string of the molecule is Cc1cccc(NC(=O)N2CC(C(=O)N(C)C)C3(CCOCC3)C2)c1. The monoisotopic (exact) mass is 345 g/mol. The van der Waals surface area contributed by atoms with Crippen molar-refractivity contribution in [1.82, 2.24) is 9.80 Å². The molecule has 136 valence electrons. The molecule has 2 aliphatic heterocycles. The highest BCUT2D eigenvalue weighted by molar-refractivity contribution is 5.90. The molecule has 25 heavy (non-hydrogen) atoms. The summed E-state index contributed by atoms with van der Waals surface area (Å²) in [6, 6.07) is 7.61. The fourth-order valence-electron chi connectivity index (χ4n) is 3.99. The first kappa shape index (κ1) is 17.7. The molecule has 1 aromatic carbocycles. The molecule has 1 aromatic rings. The first-order valence-corrected chi connectivity index (χ1v) is 8.83. The highest BCUT2D eigenvalue weighted by Crippen LogP contribution is 2.45. The van der Waals surface area contributed by atoms with Gasteiger partial charge < -0.3 is 19.9 Å². The van der Waals surface area contributed by atoms with Crippen LogP contribution in [0, 0.1) is 18.3 Å². The van der Waals surface area contributed by atoms with Crippen LogP contribution < -0.4 is 5.32 Å². The van der Waals surface area contributed by atoms with E-state index < -0.39 is 0 Å². The molecule has 1 atom stereocenters. The molecule has 0 bridgehead atoms. The van der Waals surface area contributed by atoms with E-state index >= 15 is 0 Å². The summed E-state index contributed by atoms with van der Waals surface area (Å²) in [7, 11) is 3.57. The first-order chi connectivity index (χ1) is 11.9. The third kappa shape index (κ3) is 3.63. The Hall–Kier alpha value is -2.08. The first-order valence-electron chi connectivity index (χ1n) is 8.83. The van der Waals surface area contributed by atoms with Gasteiger partial charge in [0.1, 0.15) is 0 Å². The summed E-state index contributed by atoms with van der Waals surface area (Å²) in [5.41, 5.74) is 1.72. The second-order valence-corrected chi connectivity index (χ2v) is 7.44. The van der Waals surface area contributed by atoms with Gasteiger partial charge in [-0.1, -0.05) is 12.1 Å². The molecule has 1 N–H and O–H groups in total. The number of aryl methyl sites for hydroxylation is 1. The van der Waals surface area contributed by atoms with Gasteiger partial charge in [-0.05, 0) is 37.5 Å². The van der Waals surface area contributed by atoms with Crippen molar-refractivity contribution < 1.29 is 14.3 Å². The maximum atomic E-state index is 12.7. The highest BCUT2D eigenvalue weighted by Gasteiger charge is 2.52. The number of amides is 3. The maximum Gasteiger partial charge on any atom is 0.321 e. The molecule has 6 nitrogen and oxygen atoms in total. The van der Waals surface area contributed by atoms with Gasteiger partial charge in [0.05, 0.1) is 5.92 Å². The van der Waals surface area contributed by atoms with Gasteiger partial charge in [-0.2, -0.15) is 0 Å². The smallest absolute Gasteiger partial charge is 0.321 e. The molecular formula is C19H27N3O3. The molecular weight excluding hydrogens is 318 g/mol. The van der Waals surface area contributed by atoms with Crippen LogP contribution in [-0.4, -0.2) is 62.1 Å². The van der Waals surface area contributed by atoms with Crippen LogP contribution in [0.4, 0.5) is 10.5 Å². The van der Waals surface area contributed by atoms with Gasteiger partial charge in [-0.15, -0.1) is 0 Å². The molecule has 6 heteroatoms. The number of likely N-dealkylation sites (tertiary alicyclic amines) is 1. The largest absolute Gasteiger partial charge is 0.381 e. The number of carbonyl (C=O) groups excluding carboxylic acids is 2. The lowest BCUT2D eigenvalue weighted by atomic mass is 9.71. The Bertz CT molecular complexity index is 653. The van der Waals surface area contributed by atoms with E-state index in [4.69, 9.17) is 4.74 Å². The summed E-state index contributed by atoms with van der Waals surface area (Å²) in [4.78, 5) is 28.9. The predicted molar refractivity (Wildman–Crippen MR) is 96.4 cm³/mol. The van der Waals surface area contributed by atoms with E-state index in [2.05, 4.69) is 5.32 Å². The zero-order chi connectivity index (χ0) is 18.0. The van der Waals surface area contributed by atoms with Crippen molar-refractivity contribution >= 4 is 17.6 Å². The Labute approximate surface area is 149 Å². The van der Waals surface area contributed by atoms with Crippen molar-refractivity contribution in [3.05, 3.63) is 29.8 Å². The predicted octanol–water partition coefficient (Wildman–Crippen LogP) is 2.34. The average Bonchev–Trinajstić information content (AvgIpc) is 2.93. The molecule has 2 fully saturated rings. The number of benzene rings is 1. The minimum absolute atomic E-state index is 0.104. The summed E-state index contributed by atoms with van der Waals surface area (Å²) in [5.74, 6) is -0.0533. The van der Waals surface area contributed by atoms with Crippen LogP contribution in [0.25, 0.3) is 0 Å². The molecule has 0 aromatic heterocycles. The zero-order valence-corrected chi connectivity index (χ0v) is 15.2. The maximum absolute atomic E-state index is 12.7. The Balaban J connectivity index is 1.76. The number of carbonyl (C=O) groups is 2. The lowest BCUT2D eigenvalue weighted by Crippen LogP contribution is -2.44. The molecule has 1 spiro atoms. The summed E-state index contributed by atoms with van der Waals surface area (Å²) in [6.45, 7) is 4.39. The Morgan fingerprint density at radius 2 is 2.00 bits per heavy atom. The van der Waals surface area contributed by atoms with Crippen molar-refractivity contribution in [2.75, 3.05) is 45.7 Å². The van der Waals surface area contributed by atoms with Crippen LogP contribution in [0.5, 0.6) is 0 Å². The van der Waals surface area contributed by atoms with Crippen LogP contribution in [-0.2, 0) is 9.53 Å². The van der Waals surface area contributed by atoms with Gasteiger partial charge >= 0.3 is 6.03 Å². The summed E-state index contributed by atoms with van der Waals surface area (Å²) >= 11 is 0. The second kappa shape index (κ2) is 7.04. The number of nitrogens with zero attached hydrogens (tertiary/aromatic N) is 2. The van der Waals surface area contributed by atoms with Gasteiger partial charge in [0.15, 0.2) is 0 Å². The molecule has 0 radical (unpaired) electrons. The lowest BCUT2D eigenvalue weighted by Gasteiger charge is -2.37. The number of urea groups is 1. The fourth-order valence-corrected chi connectivity index (χ4v) is 3.99. The number of ether oxygens (including phenoxy) is 1. The Morgan fingerprint density at radius 1 is 1.28 bits per heavy atom. The molecule has 0 aliphatic carbocycles. The molecule has 2 aliphatic rings. The molecule has 0 saturated carbocycles. The number of hydrogen-bond acceptors (Lipinski definition) is 3. The second-order valence-electron chi connectivity index (χ2n) is 7.44. The number of hydrogen-bond donors (Lipinski definition) is 1. The average molecular weight is 345 g/mol. The third-order valence-corrected chi connectivity index (χ3v) is 5.43. The van der Waals surface area contributed by atoms with Crippen LogP contribution in [0.2, 0.25) is 0 Å².